The molecule has 42 heavy (non-hydrogen) atoms. The number of rotatable bonds is 16. The lowest BCUT2D eigenvalue weighted by atomic mass is 10.0. The fraction of sp³-hybridized carbons (Fsp3) is 0.645. The minimum atomic E-state index is -0.728. The maximum Gasteiger partial charge on any atom is 0.303 e. The van der Waals surface area contributed by atoms with E-state index in [2.05, 4.69) is 29.8 Å². The maximum atomic E-state index is 13.5. The molecule has 0 unspecified atom stereocenters. The number of hydrogen-bond acceptors (Lipinski definition) is 8. The molecule has 1 aromatic heterocycles. The lowest BCUT2D eigenvalue weighted by Gasteiger charge is -2.36. The molecule has 9 nitrogen and oxygen atoms in total. The highest BCUT2D eigenvalue weighted by Gasteiger charge is 2.33. The minimum absolute atomic E-state index is 0.114. The number of nitriles is 1. The van der Waals surface area contributed by atoms with Crippen molar-refractivity contribution in [2.45, 2.75) is 91.0 Å². The molecule has 0 radical (unpaired) electrons. The summed E-state index contributed by atoms with van der Waals surface area (Å²) in [7, 11) is 2.09. The Kier molecular flexibility index (Phi) is 13.5. The summed E-state index contributed by atoms with van der Waals surface area (Å²) in [5.41, 5.74) is 1.24. The number of aromatic nitrogens is 1. The fourth-order valence-electron chi connectivity index (χ4n) is 5.46. The van der Waals surface area contributed by atoms with Gasteiger partial charge in [-0.3, -0.25) is 23.9 Å². The SMILES string of the molecule is CCCCn1c(N2CCN(C)CC2)c(C=C2SC(=S)N(CCCCCCCCCCC(=O)O)C2=O)c(C)c(C#N)c1=O. The molecule has 0 spiro atoms. The molecule has 2 aliphatic heterocycles. The predicted octanol–water partition coefficient (Wildman–Crippen LogP) is 5.38. The second-order valence-corrected chi connectivity index (χ2v) is 12.9. The lowest BCUT2D eigenvalue weighted by Crippen LogP contribution is -2.47. The average molecular weight is 616 g/mol. The van der Waals surface area contributed by atoms with Crippen LogP contribution in [0.4, 0.5) is 5.82 Å². The molecule has 1 N–H and O–H groups in total. The number of piperazine rings is 1. The first-order valence-corrected chi connectivity index (χ1v) is 16.5. The van der Waals surface area contributed by atoms with Crippen molar-refractivity contribution in [2.75, 3.05) is 44.7 Å². The number of hydrogen-bond donors (Lipinski definition) is 1. The van der Waals surface area contributed by atoms with Gasteiger partial charge in [0.25, 0.3) is 11.5 Å². The molecule has 0 aromatic carbocycles. The third-order valence-electron chi connectivity index (χ3n) is 8.06. The lowest BCUT2D eigenvalue weighted by molar-refractivity contribution is -0.137. The first kappa shape index (κ1) is 33.8. The van der Waals surface area contributed by atoms with Gasteiger partial charge >= 0.3 is 5.97 Å². The molecule has 0 saturated carbocycles. The van der Waals surface area contributed by atoms with Gasteiger partial charge in [0, 0.05) is 51.3 Å². The largest absolute Gasteiger partial charge is 0.481 e. The number of likely N-dealkylation sites (N-methyl/N-ethyl adjacent to an activating group) is 1. The van der Waals surface area contributed by atoms with Crippen LogP contribution in [0.2, 0.25) is 0 Å². The van der Waals surface area contributed by atoms with E-state index >= 15 is 0 Å². The van der Waals surface area contributed by atoms with Gasteiger partial charge < -0.3 is 14.9 Å². The zero-order valence-electron chi connectivity index (χ0n) is 25.3. The van der Waals surface area contributed by atoms with Crippen LogP contribution in [0.15, 0.2) is 9.70 Å². The van der Waals surface area contributed by atoms with Crippen molar-refractivity contribution >= 4 is 52.1 Å². The Morgan fingerprint density at radius 1 is 1.00 bits per heavy atom. The van der Waals surface area contributed by atoms with Crippen LogP contribution in [-0.2, 0) is 16.1 Å². The van der Waals surface area contributed by atoms with E-state index < -0.39 is 5.97 Å². The number of thiocarbonyl (C=S) groups is 1. The van der Waals surface area contributed by atoms with Crippen LogP contribution in [-0.4, -0.2) is 75.4 Å². The number of anilines is 1. The van der Waals surface area contributed by atoms with E-state index in [1.165, 1.54) is 11.8 Å². The number of carbonyl (C=O) groups is 2. The quantitative estimate of drug-likeness (QED) is 0.149. The Morgan fingerprint density at radius 3 is 2.21 bits per heavy atom. The van der Waals surface area contributed by atoms with Gasteiger partial charge in [0.2, 0.25) is 0 Å². The topological polar surface area (TPSA) is 110 Å². The fourth-order valence-corrected chi connectivity index (χ4v) is 6.75. The summed E-state index contributed by atoms with van der Waals surface area (Å²) in [6, 6.07) is 2.13. The van der Waals surface area contributed by atoms with E-state index in [9.17, 15) is 19.6 Å². The van der Waals surface area contributed by atoms with Crippen LogP contribution in [0.3, 0.4) is 0 Å². The van der Waals surface area contributed by atoms with E-state index in [4.69, 9.17) is 17.3 Å². The molecule has 11 heteroatoms. The summed E-state index contributed by atoms with van der Waals surface area (Å²) < 4.78 is 2.29. The Morgan fingerprint density at radius 2 is 1.62 bits per heavy atom. The van der Waals surface area contributed by atoms with Crippen molar-refractivity contribution in [3.05, 3.63) is 31.9 Å². The van der Waals surface area contributed by atoms with E-state index in [0.29, 0.717) is 27.9 Å². The van der Waals surface area contributed by atoms with Crippen LogP contribution in [0.25, 0.3) is 6.08 Å². The summed E-state index contributed by atoms with van der Waals surface area (Å²) in [6.07, 6.45) is 11.8. The van der Waals surface area contributed by atoms with Gasteiger partial charge in [-0.25, -0.2) is 0 Å². The maximum absolute atomic E-state index is 13.5. The number of nitrogens with zero attached hydrogens (tertiary/aromatic N) is 5. The molecule has 2 fully saturated rings. The minimum Gasteiger partial charge on any atom is -0.481 e. The molecule has 2 aliphatic rings. The smallest absolute Gasteiger partial charge is 0.303 e. The van der Waals surface area contributed by atoms with Crippen molar-refractivity contribution in [2.24, 2.45) is 0 Å². The third kappa shape index (κ3) is 8.91. The van der Waals surface area contributed by atoms with Crippen molar-refractivity contribution in [3.8, 4) is 6.07 Å². The van der Waals surface area contributed by atoms with Crippen LogP contribution in [0.5, 0.6) is 0 Å². The van der Waals surface area contributed by atoms with Crippen LogP contribution < -0.4 is 10.5 Å². The Labute approximate surface area is 259 Å². The Balaban J connectivity index is 1.74. The highest BCUT2D eigenvalue weighted by atomic mass is 32.2. The third-order valence-corrected chi connectivity index (χ3v) is 9.43. The van der Waals surface area contributed by atoms with Gasteiger partial charge in [0.05, 0.1) is 4.91 Å². The number of thioether (sulfide) groups is 1. The van der Waals surface area contributed by atoms with E-state index in [1.807, 2.05) is 13.0 Å². The molecule has 1 aromatic rings. The molecule has 0 atom stereocenters. The van der Waals surface area contributed by atoms with Crippen LogP contribution in [0.1, 0.15) is 94.2 Å². The van der Waals surface area contributed by atoms with Crippen molar-refractivity contribution in [1.82, 2.24) is 14.4 Å². The molecule has 230 valence electrons. The Bertz CT molecular complexity index is 1260. The molecule has 3 heterocycles. The van der Waals surface area contributed by atoms with Crippen molar-refractivity contribution in [3.63, 3.8) is 0 Å². The number of amides is 1. The van der Waals surface area contributed by atoms with Gasteiger partial charge in [-0.2, -0.15) is 5.26 Å². The number of aliphatic carboxylic acids is 1. The van der Waals surface area contributed by atoms with Crippen LogP contribution in [0, 0.1) is 18.3 Å². The van der Waals surface area contributed by atoms with Gasteiger partial charge in [0.15, 0.2) is 0 Å². The molecular formula is C31H45N5O4S2. The standard InChI is InChI=1S/C31H45N5O4S2/c1-4-5-15-35-28(34-19-17-33(3)18-20-34)24(23(2)25(22-32)29(35)39)21-26-30(40)36(31(41)42-26)16-13-11-9-7-6-8-10-12-14-27(37)38/h21H,4-20H2,1-3H3,(H,37,38). The van der Waals surface area contributed by atoms with E-state index in [-0.39, 0.29) is 23.5 Å². The first-order chi connectivity index (χ1) is 20.2. The molecule has 3 rings (SSSR count). The molecule has 2 saturated heterocycles. The van der Waals surface area contributed by atoms with Gasteiger partial charge in [-0.15, -0.1) is 0 Å². The number of carboxylic acids is 1. The molecular weight excluding hydrogens is 571 g/mol. The molecule has 0 aliphatic carbocycles. The first-order valence-electron chi connectivity index (χ1n) is 15.3. The van der Waals surface area contributed by atoms with Crippen molar-refractivity contribution in [1.29, 1.82) is 5.26 Å². The molecule has 1 amide bonds. The van der Waals surface area contributed by atoms with Gasteiger partial charge in [-0.1, -0.05) is 75.8 Å². The average Bonchev–Trinajstić information content (AvgIpc) is 3.22. The second-order valence-electron chi connectivity index (χ2n) is 11.3. The summed E-state index contributed by atoms with van der Waals surface area (Å²) in [6.45, 7) is 8.25. The zero-order chi connectivity index (χ0) is 30.6. The number of pyridine rings is 1. The number of carboxylic acid groups (broad SMARTS) is 1. The monoisotopic (exact) mass is 615 g/mol. The summed E-state index contributed by atoms with van der Waals surface area (Å²) in [5.74, 6) is -0.0442. The predicted molar refractivity (Wildman–Crippen MR) is 174 cm³/mol. The normalized spacial score (nSPS) is 17.0. The second kappa shape index (κ2) is 16.8. The Hall–Kier alpha value is -2.68. The highest BCUT2D eigenvalue weighted by Crippen LogP contribution is 2.36. The summed E-state index contributed by atoms with van der Waals surface area (Å²) >= 11 is 6.90. The van der Waals surface area contributed by atoms with Gasteiger partial charge in [0.1, 0.15) is 21.8 Å². The number of carbonyl (C=O) groups excluding carboxylic acids is 1. The highest BCUT2D eigenvalue weighted by molar-refractivity contribution is 8.26. The van der Waals surface area contributed by atoms with E-state index in [0.717, 1.165) is 102 Å². The molecule has 0 bridgehead atoms. The zero-order valence-corrected chi connectivity index (χ0v) is 27.0. The van der Waals surface area contributed by atoms with Crippen molar-refractivity contribution < 1.29 is 14.7 Å². The van der Waals surface area contributed by atoms with Crippen LogP contribution >= 0.6 is 24.0 Å². The van der Waals surface area contributed by atoms with E-state index in [1.54, 1.807) is 9.47 Å². The summed E-state index contributed by atoms with van der Waals surface area (Å²) in [4.78, 5) is 44.3. The summed E-state index contributed by atoms with van der Waals surface area (Å²) in [5, 5.41) is 18.6. The van der Waals surface area contributed by atoms with Gasteiger partial charge in [-0.05, 0) is 44.9 Å². The number of unbranched alkanes of at least 4 members (excludes halogenated alkanes) is 8.